The number of rotatable bonds is 4. The second-order valence-corrected chi connectivity index (χ2v) is 3.87. The van der Waals surface area contributed by atoms with E-state index in [1.807, 2.05) is 0 Å². The van der Waals surface area contributed by atoms with Gasteiger partial charge in [0.05, 0.1) is 6.54 Å². The third kappa shape index (κ3) is 4.49. The van der Waals surface area contributed by atoms with Crippen LogP contribution in [-0.2, 0) is 16.1 Å². The molecule has 0 radical (unpaired) electrons. The molecule has 0 fully saturated rings. The molecule has 2 amide bonds. The molecule has 0 aliphatic carbocycles. The molecule has 104 valence electrons. The molecule has 5 nitrogen and oxygen atoms in total. The summed E-state index contributed by atoms with van der Waals surface area (Å²) in [5, 5.41) is 0. The Bertz CT molecular complexity index is 471. The van der Waals surface area contributed by atoms with E-state index < -0.39 is 24.5 Å². The van der Waals surface area contributed by atoms with Gasteiger partial charge in [0.1, 0.15) is 0 Å². The number of anilines is 1. The lowest BCUT2D eigenvalue weighted by molar-refractivity contribution is -0.186. The predicted molar refractivity (Wildman–Crippen MR) is 61.5 cm³/mol. The highest BCUT2D eigenvalue weighted by Crippen LogP contribution is 2.20. The van der Waals surface area contributed by atoms with Gasteiger partial charge in [0.15, 0.2) is 0 Å². The van der Waals surface area contributed by atoms with E-state index in [0.29, 0.717) is 16.2 Å². The minimum Gasteiger partial charge on any atom is -0.399 e. The quantitative estimate of drug-likeness (QED) is 0.790. The highest BCUT2D eigenvalue weighted by atomic mass is 19.4. The lowest BCUT2D eigenvalue weighted by Crippen LogP contribution is -2.44. The second-order valence-electron chi connectivity index (χ2n) is 3.87. The van der Waals surface area contributed by atoms with Crippen LogP contribution in [0.25, 0.3) is 0 Å². The maximum atomic E-state index is 12.4. The first-order chi connectivity index (χ1) is 8.70. The van der Waals surface area contributed by atoms with Crippen molar-refractivity contribution in [1.82, 2.24) is 4.90 Å². The molecule has 0 saturated heterocycles. The van der Waals surface area contributed by atoms with E-state index >= 15 is 0 Å². The molecule has 0 spiro atoms. The Morgan fingerprint density at radius 3 is 2.11 bits per heavy atom. The Morgan fingerprint density at radius 2 is 1.68 bits per heavy atom. The van der Waals surface area contributed by atoms with Crippen LogP contribution >= 0.6 is 0 Å². The fourth-order valence-electron chi connectivity index (χ4n) is 1.41. The van der Waals surface area contributed by atoms with Crippen LogP contribution in [-0.4, -0.2) is 29.4 Å². The minimum atomic E-state index is -5.05. The topological polar surface area (TPSA) is 89.4 Å². The first-order valence-corrected chi connectivity index (χ1v) is 5.19. The van der Waals surface area contributed by atoms with Gasteiger partial charge in [-0.1, -0.05) is 12.1 Å². The molecule has 4 N–H and O–H groups in total. The third-order valence-corrected chi connectivity index (χ3v) is 2.23. The van der Waals surface area contributed by atoms with Crippen molar-refractivity contribution in [2.45, 2.75) is 12.7 Å². The van der Waals surface area contributed by atoms with Crippen LogP contribution in [0.5, 0.6) is 0 Å². The van der Waals surface area contributed by atoms with E-state index in [4.69, 9.17) is 11.5 Å². The summed E-state index contributed by atoms with van der Waals surface area (Å²) in [7, 11) is 0. The number of carbonyl (C=O) groups excluding carboxylic acids is 2. The highest BCUT2D eigenvalue weighted by Gasteiger charge is 2.42. The number of hydrogen-bond acceptors (Lipinski definition) is 3. The number of nitrogens with zero attached hydrogens (tertiary/aromatic N) is 1. The number of amides is 2. The van der Waals surface area contributed by atoms with Crippen molar-refractivity contribution >= 4 is 17.5 Å². The average Bonchev–Trinajstić information content (AvgIpc) is 2.28. The van der Waals surface area contributed by atoms with Gasteiger partial charge >= 0.3 is 12.1 Å². The molecule has 0 bridgehead atoms. The van der Waals surface area contributed by atoms with Crippen LogP contribution in [0, 0.1) is 0 Å². The first kappa shape index (κ1) is 14.8. The standard InChI is InChI=1S/C11H12F3N3O2/c12-11(13,14)10(19)17(6-9(16)18)5-7-1-3-8(15)4-2-7/h1-4H,5-6,15H2,(H2,16,18). The van der Waals surface area contributed by atoms with E-state index in [2.05, 4.69) is 0 Å². The van der Waals surface area contributed by atoms with Crippen molar-refractivity contribution in [3.63, 3.8) is 0 Å². The Kier molecular flexibility index (Phi) is 4.36. The normalized spacial score (nSPS) is 11.1. The van der Waals surface area contributed by atoms with Crippen molar-refractivity contribution in [3.05, 3.63) is 29.8 Å². The SMILES string of the molecule is NC(=O)CN(Cc1ccc(N)cc1)C(=O)C(F)(F)F. The Balaban J connectivity index is 2.89. The summed E-state index contributed by atoms with van der Waals surface area (Å²) in [6, 6.07) is 5.89. The zero-order valence-electron chi connectivity index (χ0n) is 9.78. The number of carbonyl (C=O) groups is 2. The van der Waals surface area contributed by atoms with Crippen molar-refractivity contribution < 1.29 is 22.8 Å². The van der Waals surface area contributed by atoms with Crippen molar-refractivity contribution in [3.8, 4) is 0 Å². The lowest BCUT2D eigenvalue weighted by atomic mass is 10.2. The molecule has 8 heteroatoms. The molecule has 0 unspecified atom stereocenters. The van der Waals surface area contributed by atoms with E-state index in [9.17, 15) is 22.8 Å². The number of primary amides is 1. The smallest absolute Gasteiger partial charge is 0.399 e. The number of alkyl halides is 3. The molecule has 0 aliphatic heterocycles. The van der Waals surface area contributed by atoms with Crippen LogP contribution in [0.1, 0.15) is 5.56 Å². The molecule has 0 aliphatic rings. The van der Waals surface area contributed by atoms with Crippen molar-refractivity contribution in [2.75, 3.05) is 12.3 Å². The van der Waals surface area contributed by atoms with Gasteiger partial charge in [-0.05, 0) is 17.7 Å². The van der Waals surface area contributed by atoms with Gasteiger partial charge in [-0.15, -0.1) is 0 Å². The van der Waals surface area contributed by atoms with E-state index in [0.717, 1.165) is 0 Å². The van der Waals surface area contributed by atoms with Gasteiger partial charge in [0.2, 0.25) is 5.91 Å². The van der Waals surface area contributed by atoms with Gasteiger partial charge in [-0.2, -0.15) is 13.2 Å². The highest BCUT2D eigenvalue weighted by molar-refractivity contribution is 5.86. The molecule has 1 rings (SSSR count). The summed E-state index contributed by atoms with van der Waals surface area (Å²) >= 11 is 0. The monoisotopic (exact) mass is 275 g/mol. The molecular formula is C11H12F3N3O2. The molecule has 1 aromatic carbocycles. The summed E-state index contributed by atoms with van der Waals surface area (Å²) in [5.74, 6) is -3.13. The number of nitrogens with two attached hydrogens (primary N) is 2. The van der Waals surface area contributed by atoms with Crippen LogP contribution in [0.15, 0.2) is 24.3 Å². The summed E-state index contributed by atoms with van der Waals surface area (Å²) < 4.78 is 37.1. The third-order valence-electron chi connectivity index (χ3n) is 2.23. The fourth-order valence-corrected chi connectivity index (χ4v) is 1.41. The number of nitrogen functional groups attached to an aromatic ring is 1. The van der Waals surface area contributed by atoms with Crippen molar-refractivity contribution in [2.24, 2.45) is 5.73 Å². The summed E-state index contributed by atoms with van der Waals surface area (Å²) in [6.07, 6.45) is -5.05. The fraction of sp³-hybridized carbons (Fsp3) is 0.273. The minimum absolute atomic E-state index is 0.341. The molecule has 0 atom stereocenters. The Hall–Kier alpha value is -2.25. The van der Waals surface area contributed by atoms with Gasteiger partial charge in [0.25, 0.3) is 0 Å². The van der Waals surface area contributed by atoms with Gasteiger partial charge in [-0.3, -0.25) is 9.59 Å². The molecule has 0 heterocycles. The molecular weight excluding hydrogens is 263 g/mol. The van der Waals surface area contributed by atoms with Gasteiger partial charge in [-0.25, -0.2) is 0 Å². The molecule has 1 aromatic rings. The zero-order valence-corrected chi connectivity index (χ0v) is 9.78. The van der Waals surface area contributed by atoms with Gasteiger partial charge < -0.3 is 16.4 Å². The number of benzene rings is 1. The van der Waals surface area contributed by atoms with Crippen LogP contribution < -0.4 is 11.5 Å². The van der Waals surface area contributed by atoms with Crippen LogP contribution in [0.4, 0.5) is 18.9 Å². The number of hydrogen-bond donors (Lipinski definition) is 2. The average molecular weight is 275 g/mol. The summed E-state index contributed by atoms with van der Waals surface area (Å²) in [6.45, 7) is -1.18. The molecule has 0 aromatic heterocycles. The van der Waals surface area contributed by atoms with Crippen LogP contribution in [0.2, 0.25) is 0 Å². The maximum absolute atomic E-state index is 12.4. The zero-order chi connectivity index (χ0) is 14.6. The summed E-state index contributed by atoms with van der Waals surface area (Å²) in [5.41, 5.74) is 11.1. The lowest BCUT2D eigenvalue weighted by Gasteiger charge is -2.22. The maximum Gasteiger partial charge on any atom is 0.471 e. The summed E-state index contributed by atoms with van der Waals surface area (Å²) in [4.78, 5) is 22.2. The molecule has 0 saturated carbocycles. The van der Waals surface area contributed by atoms with E-state index in [1.54, 1.807) is 0 Å². The van der Waals surface area contributed by atoms with Gasteiger partial charge in [0, 0.05) is 12.2 Å². The van der Waals surface area contributed by atoms with E-state index in [1.165, 1.54) is 24.3 Å². The number of halogens is 3. The second kappa shape index (κ2) is 5.59. The predicted octanol–water partition coefficient (Wildman–Crippen LogP) is 0.645. The Labute approximate surface area is 107 Å². The first-order valence-electron chi connectivity index (χ1n) is 5.19. The van der Waals surface area contributed by atoms with Crippen molar-refractivity contribution in [1.29, 1.82) is 0 Å². The van der Waals surface area contributed by atoms with Crippen LogP contribution in [0.3, 0.4) is 0 Å². The Morgan fingerprint density at radius 1 is 1.16 bits per heavy atom. The largest absolute Gasteiger partial charge is 0.471 e. The molecule has 19 heavy (non-hydrogen) atoms. The van der Waals surface area contributed by atoms with E-state index in [-0.39, 0.29) is 6.54 Å².